The Bertz CT molecular complexity index is 551. The second-order valence-electron chi connectivity index (χ2n) is 6.34. The lowest BCUT2D eigenvalue weighted by atomic mass is 9.99. The first-order valence-corrected chi connectivity index (χ1v) is 7.32. The molecule has 0 aromatic heterocycles. The molecule has 0 saturated heterocycles. The number of nitrogens with zero attached hydrogens (tertiary/aromatic N) is 2. The van der Waals surface area contributed by atoms with Crippen molar-refractivity contribution >= 4 is 35.8 Å². The van der Waals surface area contributed by atoms with Gasteiger partial charge in [-0.05, 0) is 38.8 Å². The third-order valence-electron chi connectivity index (χ3n) is 3.34. The molecule has 1 amide bonds. The number of nitrogens with one attached hydrogen (secondary N) is 1. The van der Waals surface area contributed by atoms with Crippen molar-refractivity contribution < 1.29 is 4.79 Å². The van der Waals surface area contributed by atoms with Gasteiger partial charge in [0.2, 0.25) is 0 Å². The fourth-order valence-corrected chi connectivity index (χ4v) is 2.40. The van der Waals surface area contributed by atoms with E-state index in [0.717, 1.165) is 24.1 Å². The molecule has 1 aliphatic rings. The molecule has 2 rings (SSSR count). The van der Waals surface area contributed by atoms with Crippen LogP contribution in [-0.2, 0) is 6.42 Å². The van der Waals surface area contributed by atoms with Gasteiger partial charge in [0, 0.05) is 24.2 Å². The summed E-state index contributed by atoms with van der Waals surface area (Å²) >= 11 is 0. The Morgan fingerprint density at radius 1 is 1.36 bits per heavy atom. The van der Waals surface area contributed by atoms with Crippen molar-refractivity contribution in [2.75, 3.05) is 19.6 Å². The van der Waals surface area contributed by atoms with E-state index in [1.54, 1.807) is 0 Å². The first-order valence-electron chi connectivity index (χ1n) is 7.32. The van der Waals surface area contributed by atoms with Gasteiger partial charge in [0.05, 0.1) is 6.54 Å². The van der Waals surface area contributed by atoms with E-state index in [1.165, 1.54) is 0 Å². The quantitative estimate of drug-likeness (QED) is 0.450. The number of guanidine groups is 1. The predicted octanol–water partition coefficient (Wildman–Crippen LogP) is 2.01. The molecule has 0 aliphatic carbocycles. The maximum Gasteiger partial charge on any atom is 0.254 e. The van der Waals surface area contributed by atoms with Crippen molar-refractivity contribution in [3.63, 3.8) is 0 Å². The minimum Gasteiger partial charge on any atom is -0.370 e. The van der Waals surface area contributed by atoms with Crippen molar-refractivity contribution in [1.82, 2.24) is 10.2 Å². The fraction of sp³-hybridized carbons (Fsp3) is 0.500. The SMILES string of the molecule is CC(C)(C)NC(N)=NCCN1CCc2ccccc2C1=O.I. The highest BCUT2D eigenvalue weighted by Crippen LogP contribution is 2.18. The Morgan fingerprint density at radius 3 is 2.73 bits per heavy atom. The van der Waals surface area contributed by atoms with Crippen molar-refractivity contribution in [3.05, 3.63) is 35.4 Å². The lowest BCUT2D eigenvalue weighted by Crippen LogP contribution is -2.45. The monoisotopic (exact) mass is 416 g/mol. The number of hydrogen-bond acceptors (Lipinski definition) is 2. The smallest absolute Gasteiger partial charge is 0.254 e. The van der Waals surface area contributed by atoms with Crippen molar-refractivity contribution in [2.45, 2.75) is 32.7 Å². The van der Waals surface area contributed by atoms with Gasteiger partial charge in [0.15, 0.2) is 5.96 Å². The lowest BCUT2D eigenvalue weighted by Gasteiger charge is -2.28. The zero-order valence-electron chi connectivity index (χ0n) is 13.4. The van der Waals surface area contributed by atoms with E-state index >= 15 is 0 Å². The van der Waals surface area contributed by atoms with E-state index in [0.29, 0.717) is 19.0 Å². The van der Waals surface area contributed by atoms with E-state index in [9.17, 15) is 4.79 Å². The summed E-state index contributed by atoms with van der Waals surface area (Å²) in [7, 11) is 0. The molecule has 22 heavy (non-hydrogen) atoms. The molecule has 3 N–H and O–H groups in total. The van der Waals surface area contributed by atoms with Gasteiger partial charge in [0.1, 0.15) is 0 Å². The molecular weight excluding hydrogens is 391 g/mol. The highest BCUT2D eigenvalue weighted by Gasteiger charge is 2.23. The highest BCUT2D eigenvalue weighted by atomic mass is 127. The van der Waals surface area contributed by atoms with Crippen LogP contribution in [0.25, 0.3) is 0 Å². The van der Waals surface area contributed by atoms with Gasteiger partial charge in [0.25, 0.3) is 5.91 Å². The number of hydrogen-bond donors (Lipinski definition) is 2. The summed E-state index contributed by atoms with van der Waals surface area (Å²) in [5.74, 6) is 0.516. The van der Waals surface area contributed by atoms with E-state index in [4.69, 9.17) is 5.73 Å². The zero-order chi connectivity index (χ0) is 15.5. The van der Waals surface area contributed by atoms with Crippen LogP contribution in [0.5, 0.6) is 0 Å². The lowest BCUT2D eigenvalue weighted by molar-refractivity contribution is 0.0745. The zero-order valence-corrected chi connectivity index (χ0v) is 15.8. The molecule has 0 fully saturated rings. The predicted molar refractivity (Wildman–Crippen MR) is 101 cm³/mol. The normalized spacial score (nSPS) is 15.1. The second-order valence-corrected chi connectivity index (χ2v) is 6.34. The van der Waals surface area contributed by atoms with Crippen LogP contribution in [0.4, 0.5) is 0 Å². The van der Waals surface area contributed by atoms with E-state index in [1.807, 2.05) is 49.9 Å². The Morgan fingerprint density at radius 2 is 2.05 bits per heavy atom. The average molecular weight is 416 g/mol. The van der Waals surface area contributed by atoms with Gasteiger partial charge < -0.3 is 16.0 Å². The van der Waals surface area contributed by atoms with Gasteiger partial charge >= 0.3 is 0 Å². The highest BCUT2D eigenvalue weighted by molar-refractivity contribution is 14.0. The van der Waals surface area contributed by atoms with Crippen LogP contribution in [0.3, 0.4) is 0 Å². The summed E-state index contributed by atoms with van der Waals surface area (Å²) in [6, 6.07) is 7.80. The third kappa shape index (κ3) is 5.15. The summed E-state index contributed by atoms with van der Waals surface area (Å²) in [4.78, 5) is 18.5. The summed E-state index contributed by atoms with van der Waals surface area (Å²) in [5, 5.41) is 3.11. The first-order chi connectivity index (χ1) is 9.87. The fourth-order valence-electron chi connectivity index (χ4n) is 2.40. The second kappa shape index (κ2) is 7.80. The van der Waals surface area contributed by atoms with Gasteiger partial charge in [-0.1, -0.05) is 18.2 Å². The van der Waals surface area contributed by atoms with Crippen LogP contribution in [0.2, 0.25) is 0 Å². The summed E-state index contributed by atoms with van der Waals surface area (Å²) in [6.07, 6.45) is 0.904. The molecule has 1 aromatic rings. The van der Waals surface area contributed by atoms with E-state index < -0.39 is 0 Å². The van der Waals surface area contributed by atoms with Gasteiger partial charge in [-0.25, -0.2) is 0 Å². The Kier molecular flexibility index (Phi) is 6.65. The van der Waals surface area contributed by atoms with Crippen LogP contribution < -0.4 is 11.1 Å². The van der Waals surface area contributed by atoms with Crippen molar-refractivity contribution in [2.24, 2.45) is 10.7 Å². The van der Waals surface area contributed by atoms with Crippen molar-refractivity contribution in [3.8, 4) is 0 Å². The Hall–Kier alpha value is -1.31. The number of aliphatic imine (C=N–C) groups is 1. The Balaban J connectivity index is 0.00000242. The Labute approximate surface area is 149 Å². The number of benzene rings is 1. The number of nitrogens with two attached hydrogens (primary N) is 1. The number of halogens is 1. The van der Waals surface area contributed by atoms with Crippen molar-refractivity contribution in [1.29, 1.82) is 0 Å². The number of carbonyl (C=O) groups excluding carboxylic acids is 1. The molecule has 6 heteroatoms. The summed E-state index contributed by atoms with van der Waals surface area (Å²) in [6.45, 7) is 7.95. The standard InChI is InChI=1S/C16H24N4O.HI/c1-16(2,3)19-15(17)18-9-11-20-10-8-12-6-4-5-7-13(12)14(20)21;/h4-7H,8-11H2,1-3H3,(H3,17,18,19);1H. The maximum atomic E-state index is 12.4. The molecule has 0 radical (unpaired) electrons. The van der Waals surface area contributed by atoms with E-state index in [-0.39, 0.29) is 35.4 Å². The largest absolute Gasteiger partial charge is 0.370 e. The third-order valence-corrected chi connectivity index (χ3v) is 3.34. The summed E-state index contributed by atoms with van der Waals surface area (Å²) in [5.41, 5.74) is 7.67. The topological polar surface area (TPSA) is 70.7 Å². The summed E-state index contributed by atoms with van der Waals surface area (Å²) < 4.78 is 0. The molecule has 1 heterocycles. The molecular formula is C16H25IN4O. The molecule has 1 aliphatic heterocycles. The molecule has 0 saturated carbocycles. The molecule has 0 atom stereocenters. The number of carbonyl (C=O) groups is 1. The number of fused-ring (bicyclic) bond motifs is 1. The van der Waals surface area contributed by atoms with Crippen LogP contribution >= 0.6 is 24.0 Å². The van der Waals surface area contributed by atoms with Gasteiger partial charge in [-0.2, -0.15) is 0 Å². The van der Waals surface area contributed by atoms with Crippen LogP contribution in [0, 0.1) is 0 Å². The molecule has 0 unspecified atom stereocenters. The molecule has 0 bridgehead atoms. The molecule has 1 aromatic carbocycles. The number of rotatable bonds is 3. The molecule has 122 valence electrons. The maximum absolute atomic E-state index is 12.4. The van der Waals surface area contributed by atoms with Crippen LogP contribution in [0.15, 0.2) is 29.3 Å². The average Bonchev–Trinajstić information content (AvgIpc) is 2.40. The molecule has 5 nitrogen and oxygen atoms in total. The van der Waals surface area contributed by atoms with E-state index in [2.05, 4.69) is 10.3 Å². The molecule has 0 spiro atoms. The minimum absolute atomic E-state index is 0. The minimum atomic E-state index is -0.104. The van der Waals surface area contributed by atoms with Gasteiger partial charge in [-0.15, -0.1) is 24.0 Å². The first kappa shape index (κ1) is 18.7. The van der Waals surface area contributed by atoms with Crippen LogP contribution in [-0.4, -0.2) is 41.9 Å². The van der Waals surface area contributed by atoms with Crippen LogP contribution in [0.1, 0.15) is 36.7 Å². The van der Waals surface area contributed by atoms with Gasteiger partial charge in [-0.3, -0.25) is 9.79 Å². The number of amides is 1.